The summed E-state index contributed by atoms with van der Waals surface area (Å²) in [7, 11) is -3.50. The molecule has 102 valence electrons. The van der Waals surface area contributed by atoms with E-state index in [1.165, 1.54) is 0 Å². The third-order valence-corrected chi connectivity index (χ3v) is 5.28. The summed E-state index contributed by atoms with van der Waals surface area (Å²) in [6, 6.07) is 4.96. The van der Waals surface area contributed by atoms with E-state index < -0.39 is 10.0 Å². The number of benzene rings is 1. The Labute approximate surface area is 113 Å². The minimum Gasteiger partial charge on any atom is -0.398 e. The van der Waals surface area contributed by atoms with Gasteiger partial charge in [-0.1, -0.05) is 13.0 Å². The third kappa shape index (κ3) is 4.19. The average Bonchev–Trinajstić information content (AvgIpc) is 2.27. The van der Waals surface area contributed by atoms with Crippen LogP contribution in [0.15, 0.2) is 23.1 Å². The smallest absolute Gasteiger partial charge is 0.242 e. The summed E-state index contributed by atoms with van der Waals surface area (Å²) in [5.74, 6) is 0. The molecule has 0 aliphatic heterocycles. The van der Waals surface area contributed by atoms with Gasteiger partial charge >= 0.3 is 0 Å². The van der Waals surface area contributed by atoms with Gasteiger partial charge in [0.2, 0.25) is 10.0 Å². The van der Waals surface area contributed by atoms with E-state index in [9.17, 15) is 8.42 Å². The summed E-state index contributed by atoms with van der Waals surface area (Å²) in [5.41, 5.74) is 6.98. The van der Waals surface area contributed by atoms with Crippen LogP contribution in [0, 0.1) is 6.92 Å². The maximum Gasteiger partial charge on any atom is 0.242 e. The first-order chi connectivity index (χ1) is 8.36. The maximum atomic E-state index is 12.0. The molecular weight excluding hydrogens is 268 g/mol. The number of aryl methyl sites for hydroxylation is 1. The van der Waals surface area contributed by atoms with Crippen molar-refractivity contribution in [1.29, 1.82) is 0 Å². The lowest BCUT2D eigenvalue weighted by molar-refractivity contribution is 0.579. The predicted molar refractivity (Wildman–Crippen MR) is 78.4 cm³/mol. The number of sulfonamides is 1. The maximum absolute atomic E-state index is 12.0. The highest BCUT2D eigenvalue weighted by Gasteiger charge is 2.16. The van der Waals surface area contributed by atoms with Crippen molar-refractivity contribution in [3.63, 3.8) is 0 Å². The monoisotopic (exact) mass is 288 g/mol. The van der Waals surface area contributed by atoms with E-state index in [1.807, 2.05) is 13.2 Å². The third-order valence-electron chi connectivity index (χ3n) is 2.70. The van der Waals surface area contributed by atoms with E-state index in [1.54, 1.807) is 30.0 Å². The number of nitrogens with two attached hydrogens (primary N) is 1. The second kappa shape index (κ2) is 6.45. The molecule has 0 bridgehead atoms. The summed E-state index contributed by atoms with van der Waals surface area (Å²) in [6.45, 7) is 4.37. The molecule has 0 radical (unpaired) electrons. The SMILES string of the molecule is CSC(C)CCNS(=O)(=O)c1ccc(C)cc1N. The highest BCUT2D eigenvalue weighted by molar-refractivity contribution is 7.99. The summed E-state index contributed by atoms with van der Waals surface area (Å²) in [5, 5.41) is 0.433. The van der Waals surface area contributed by atoms with Crippen LogP contribution >= 0.6 is 11.8 Å². The van der Waals surface area contributed by atoms with Gasteiger partial charge in [-0.25, -0.2) is 13.1 Å². The first-order valence-corrected chi connectivity index (χ1v) is 8.52. The van der Waals surface area contributed by atoms with Crippen LogP contribution in [0.1, 0.15) is 18.9 Å². The van der Waals surface area contributed by atoms with Crippen LogP contribution in [-0.4, -0.2) is 26.5 Å². The van der Waals surface area contributed by atoms with Crippen molar-refractivity contribution in [2.24, 2.45) is 0 Å². The Hall–Kier alpha value is -0.720. The molecule has 0 aliphatic carbocycles. The molecule has 0 saturated heterocycles. The second-order valence-corrected chi connectivity index (χ2v) is 7.29. The predicted octanol–water partition coefficient (Wildman–Crippen LogP) is 2.00. The molecule has 1 rings (SSSR count). The number of anilines is 1. The van der Waals surface area contributed by atoms with Gasteiger partial charge in [-0.05, 0) is 37.3 Å². The molecule has 0 saturated carbocycles. The molecule has 3 N–H and O–H groups in total. The largest absolute Gasteiger partial charge is 0.398 e. The van der Waals surface area contributed by atoms with Crippen LogP contribution in [0.2, 0.25) is 0 Å². The average molecular weight is 288 g/mol. The fourth-order valence-corrected chi connectivity index (χ4v) is 3.02. The molecule has 0 heterocycles. The Morgan fingerprint density at radius 1 is 1.44 bits per heavy atom. The van der Waals surface area contributed by atoms with Crippen molar-refractivity contribution in [1.82, 2.24) is 4.72 Å². The van der Waals surface area contributed by atoms with Gasteiger partial charge in [0, 0.05) is 11.8 Å². The van der Waals surface area contributed by atoms with Crippen molar-refractivity contribution < 1.29 is 8.42 Å². The molecule has 0 aliphatic rings. The van der Waals surface area contributed by atoms with Crippen molar-refractivity contribution >= 4 is 27.5 Å². The number of nitrogens with one attached hydrogen (secondary N) is 1. The fraction of sp³-hybridized carbons (Fsp3) is 0.500. The molecule has 1 atom stereocenters. The van der Waals surface area contributed by atoms with E-state index in [0.29, 0.717) is 17.5 Å². The van der Waals surface area contributed by atoms with Crippen molar-refractivity contribution in [2.75, 3.05) is 18.5 Å². The number of thioether (sulfide) groups is 1. The van der Waals surface area contributed by atoms with Gasteiger partial charge < -0.3 is 5.73 Å². The van der Waals surface area contributed by atoms with Gasteiger partial charge in [-0.15, -0.1) is 0 Å². The minimum atomic E-state index is -3.50. The van der Waals surface area contributed by atoms with Gasteiger partial charge in [0.25, 0.3) is 0 Å². The number of rotatable bonds is 6. The molecular formula is C12H20N2O2S2. The zero-order chi connectivity index (χ0) is 13.8. The van der Waals surface area contributed by atoms with Crippen molar-refractivity contribution in [2.45, 2.75) is 30.4 Å². The summed E-state index contributed by atoms with van der Waals surface area (Å²) < 4.78 is 26.7. The van der Waals surface area contributed by atoms with Crippen LogP contribution < -0.4 is 10.5 Å². The second-order valence-electron chi connectivity index (χ2n) is 4.27. The standard InChI is InChI=1S/C12H20N2O2S2/c1-9-4-5-12(11(13)8-9)18(15,16)14-7-6-10(2)17-3/h4-5,8,10,14H,6-7,13H2,1-3H3. The van der Waals surface area contributed by atoms with Gasteiger partial charge in [0.05, 0.1) is 5.69 Å². The molecule has 4 nitrogen and oxygen atoms in total. The summed E-state index contributed by atoms with van der Waals surface area (Å²) in [4.78, 5) is 0.157. The zero-order valence-electron chi connectivity index (χ0n) is 10.9. The topological polar surface area (TPSA) is 72.2 Å². The van der Waals surface area contributed by atoms with Crippen LogP contribution in [0.4, 0.5) is 5.69 Å². The quantitative estimate of drug-likeness (QED) is 0.785. The molecule has 18 heavy (non-hydrogen) atoms. The van der Waals surface area contributed by atoms with E-state index >= 15 is 0 Å². The molecule has 0 aromatic heterocycles. The van der Waals surface area contributed by atoms with Crippen LogP contribution in [0.3, 0.4) is 0 Å². The number of hydrogen-bond acceptors (Lipinski definition) is 4. The normalized spacial score (nSPS) is 13.5. The molecule has 1 unspecified atom stereocenters. The highest BCUT2D eigenvalue weighted by atomic mass is 32.2. The summed E-state index contributed by atoms with van der Waals surface area (Å²) >= 11 is 1.72. The summed E-state index contributed by atoms with van der Waals surface area (Å²) in [6.07, 6.45) is 2.81. The highest BCUT2D eigenvalue weighted by Crippen LogP contribution is 2.19. The van der Waals surface area contributed by atoms with E-state index in [4.69, 9.17) is 5.73 Å². The lowest BCUT2D eigenvalue weighted by Crippen LogP contribution is -2.27. The molecule has 0 spiro atoms. The van der Waals surface area contributed by atoms with E-state index in [2.05, 4.69) is 11.6 Å². The van der Waals surface area contributed by atoms with Gasteiger partial charge in [-0.3, -0.25) is 0 Å². The number of hydrogen-bond donors (Lipinski definition) is 2. The van der Waals surface area contributed by atoms with Gasteiger partial charge in [-0.2, -0.15) is 11.8 Å². The van der Waals surface area contributed by atoms with Crippen LogP contribution in [0.25, 0.3) is 0 Å². The Morgan fingerprint density at radius 3 is 2.67 bits per heavy atom. The van der Waals surface area contributed by atoms with E-state index in [0.717, 1.165) is 12.0 Å². The first-order valence-electron chi connectivity index (χ1n) is 5.75. The molecule has 1 aromatic rings. The molecule has 6 heteroatoms. The lowest BCUT2D eigenvalue weighted by atomic mass is 10.2. The Kier molecular flexibility index (Phi) is 5.49. The molecule has 1 aromatic carbocycles. The molecule has 0 fully saturated rings. The number of nitrogen functional groups attached to an aromatic ring is 1. The molecule has 0 amide bonds. The fourth-order valence-electron chi connectivity index (χ4n) is 1.50. The Morgan fingerprint density at radius 2 is 2.11 bits per heavy atom. The van der Waals surface area contributed by atoms with Crippen molar-refractivity contribution in [3.05, 3.63) is 23.8 Å². The van der Waals surface area contributed by atoms with Crippen LogP contribution in [-0.2, 0) is 10.0 Å². The van der Waals surface area contributed by atoms with Crippen LogP contribution in [0.5, 0.6) is 0 Å². The van der Waals surface area contributed by atoms with Gasteiger partial charge in [0.15, 0.2) is 0 Å². The van der Waals surface area contributed by atoms with Gasteiger partial charge in [0.1, 0.15) is 4.90 Å². The first kappa shape index (κ1) is 15.3. The van der Waals surface area contributed by atoms with Crippen molar-refractivity contribution in [3.8, 4) is 0 Å². The zero-order valence-corrected chi connectivity index (χ0v) is 12.6. The van der Waals surface area contributed by atoms with E-state index in [-0.39, 0.29) is 4.90 Å². The minimum absolute atomic E-state index is 0.157. The lowest BCUT2D eigenvalue weighted by Gasteiger charge is -2.11. The Bertz CT molecular complexity index is 501. The Balaban J connectivity index is 2.74.